The molecule has 0 amide bonds. The number of hydrogen-bond acceptors (Lipinski definition) is 8. The lowest BCUT2D eigenvalue weighted by atomic mass is 10.1. The van der Waals surface area contributed by atoms with Crippen LogP contribution in [0.5, 0.6) is 5.88 Å². The van der Waals surface area contributed by atoms with Crippen LogP contribution in [-0.2, 0) is 13.1 Å². The van der Waals surface area contributed by atoms with Crippen molar-refractivity contribution < 1.29 is 27.2 Å². The molecule has 10 nitrogen and oxygen atoms in total. The summed E-state index contributed by atoms with van der Waals surface area (Å²) in [6.45, 7) is -1.40. The Balaban J connectivity index is 1.84. The number of pyridine rings is 1. The first-order valence-corrected chi connectivity index (χ1v) is 13.8. The standard InChI is InChI=1S/C29H23F4N5O5S/c1-35(2)13-19-25-27(39)37(23-7-4-8-24(34-23)43-15-22(32)33)29(40)36(14-18-20(30)5-3-6-21(18)31)28(25)44-26(19)16-9-11-17(12-10-16)38(41)42/h3-12,22H,13-15H2,1-2H3. The van der Waals surface area contributed by atoms with Crippen molar-refractivity contribution in [2.75, 3.05) is 20.7 Å². The number of rotatable bonds is 10. The molecule has 0 saturated carbocycles. The molecule has 15 heteroatoms. The predicted molar refractivity (Wildman–Crippen MR) is 156 cm³/mol. The van der Waals surface area contributed by atoms with Crippen LogP contribution >= 0.6 is 11.3 Å². The average molecular weight is 630 g/mol. The normalized spacial score (nSPS) is 11.5. The maximum Gasteiger partial charge on any atom is 0.338 e. The fourth-order valence-corrected chi connectivity index (χ4v) is 5.95. The van der Waals surface area contributed by atoms with E-state index in [1.807, 2.05) is 0 Å². The lowest BCUT2D eigenvalue weighted by Gasteiger charge is -2.15. The third kappa shape index (κ3) is 5.96. The summed E-state index contributed by atoms with van der Waals surface area (Å²) in [5, 5.41) is 11.3. The van der Waals surface area contributed by atoms with Gasteiger partial charge in [-0.1, -0.05) is 12.1 Å². The summed E-state index contributed by atoms with van der Waals surface area (Å²) in [4.78, 5) is 45.3. The molecule has 3 heterocycles. The SMILES string of the molecule is CN(C)Cc1c(-c2ccc([N+](=O)[O-])cc2)sc2c1c(=O)n(-c1cccc(OCC(F)F)n1)c(=O)n2Cc1c(F)cccc1F. The number of nitrogens with zero attached hydrogens (tertiary/aromatic N) is 5. The van der Waals surface area contributed by atoms with Gasteiger partial charge in [-0.15, -0.1) is 11.3 Å². The summed E-state index contributed by atoms with van der Waals surface area (Å²) < 4.78 is 61.9. The number of non-ortho nitro benzene ring substituents is 1. The van der Waals surface area contributed by atoms with E-state index in [1.165, 1.54) is 48.5 Å². The summed E-state index contributed by atoms with van der Waals surface area (Å²) in [6, 6.07) is 12.8. The Morgan fingerprint density at radius 1 is 1.00 bits per heavy atom. The van der Waals surface area contributed by atoms with Crippen LogP contribution in [-0.4, -0.2) is 51.1 Å². The molecule has 0 radical (unpaired) electrons. The second kappa shape index (κ2) is 12.4. The monoisotopic (exact) mass is 629 g/mol. The third-order valence-corrected chi connectivity index (χ3v) is 7.86. The Morgan fingerprint density at radius 2 is 1.66 bits per heavy atom. The van der Waals surface area contributed by atoms with Crippen molar-refractivity contribution in [2.24, 2.45) is 0 Å². The van der Waals surface area contributed by atoms with E-state index in [0.29, 0.717) is 20.6 Å². The molecule has 0 unspecified atom stereocenters. The Bertz CT molecular complexity index is 1970. The van der Waals surface area contributed by atoms with Crippen LogP contribution in [0.2, 0.25) is 0 Å². The number of nitro benzene ring substituents is 1. The maximum atomic E-state index is 14.8. The molecule has 0 aliphatic rings. The Hall–Kier alpha value is -4.89. The molecular weight excluding hydrogens is 606 g/mol. The number of aromatic nitrogens is 3. The molecule has 0 spiro atoms. The minimum Gasteiger partial charge on any atom is -0.472 e. The van der Waals surface area contributed by atoms with Gasteiger partial charge < -0.3 is 9.64 Å². The van der Waals surface area contributed by atoms with Gasteiger partial charge in [-0.25, -0.2) is 26.9 Å². The van der Waals surface area contributed by atoms with Crippen molar-refractivity contribution in [3.05, 3.63) is 114 Å². The molecule has 5 aromatic rings. The second-order valence-corrected chi connectivity index (χ2v) is 10.9. The molecule has 228 valence electrons. The van der Waals surface area contributed by atoms with Crippen LogP contribution in [0.15, 0.2) is 70.3 Å². The smallest absolute Gasteiger partial charge is 0.338 e. The first kappa shape index (κ1) is 30.6. The minimum absolute atomic E-state index is 0.0501. The molecule has 0 N–H and O–H groups in total. The second-order valence-electron chi connectivity index (χ2n) is 9.88. The van der Waals surface area contributed by atoms with E-state index in [-0.39, 0.29) is 34.1 Å². The highest BCUT2D eigenvalue weighted by Gasteiger charge is 2.26. The summed E-state index contributed by atoms with van der Waals surface area (Å²) in [6.07, 6.45) is -2.80. The van der Waals surface area contributed by atoms with Gasteiger partial charge in [0.05, 0.1) is 16.9 Å². The summed E-state index contributed by atoms with van der Waals surface area (Å²) >= 11 is 1.02. The summed E-state index contributed by atoms with van der Waals surface area (Å²) in [5.74, 6) is -2.35. The molecule has 0 saturated heterocycles. The van der Waals surface area contributed by atoms with E-state index in [0.717, 1.165) is 28.0 Å². The fourth-order valence-electron chi connectivity index (χ4n) is 4.64. The topological polar surface area (TPSA) is 112 Å². The Morgan fingerprint density at radius 3 is 2.27 bits per heavy atom. The summed E-state index contributed by atoms with van der Waals surface area (Å²) in [5.41, 5.74) is -1.42. The van der Waals surface area contributed by atoms with E-state index >= 15 is 0 Å². The van der Waals surface area contributed by atoms with Gasteiger partial charge in [0, 0.05) is 35.2 Å². The number of halogens is 4. The van der Waals surface area contributed by atoms with Crippen molar-refractivity contribution in [2.45, 2.75) is 19.5 Å². The van der Waals surface area contributed by atoms with Crippen LogP contribution in [0.3, 0.4) is 0 Å². The van der Waals surface area contributed by atoms with Crippen LogP contribution in [0, 0.1) is 21.7 Å². The first-order chi connectivity index (χ1) is 21.0. The Kier molecular flexibility index (Phi) is 8.60. The fraction of sp³-hybridized carbons (Fsp3) is 0.207. The summed E-state index contributed by atoms with van der Waals surface area (Å²) in [7, 11) is 3.50. The van der Waals surface area contributed by atoms with Gasteiger partial charge in [0.15, 0.2) is 6.61 Å². The number of benzene rings is 2. The Labute approximate surface area is 250 Å². The highest BCUT2D eigenvalue weighted by Crippen LogP contribution is 2.38. The van der Waals surface area contributed by atoms with Crippen LogP contribution in [0.25, 0.3) is 26.5 Å². The lowest BCUT2D eigenvalue weighted by molar-refractivity contribution is -0.384. The van der Waals surface area contributed by atoms with Gasteiger partial charge in [-0.3, -0.25) is 19.5 Å². The van der Waals surface area contributed by atoms with Crippen LogP contribution < -0.4 is 16.0 Å². The molecular formula is C29H23F4N5O5S. The van der Waals surface area contributed by atoms with E-state index in [1.54, 1.807) is 19.0 Å². The van der Waals surface area contributed by atoms with Gasteiger partial charge >= 0.3 is 5.69 Å². The molecule has 2 aromatic carbocycles. The van der Waals surface area contributed by atoms with Gasteiger partial charge in [0.1, 0.15) is 22.3 Å². The maximum absolute atomic E-state index is 14.8. The van der Waals surface area contributed by atoms with Gasteiger partial charge in [0.2, 0.25) is 5.88 Å². The van der Waals surface area contributed by atoms with Crippen molar-refractivity contribution in [1.29, 1.82) is 0 Å². The van der Waals surface area contributed by atoms with Crippen LogP contribution in [0.4, 0.5) is 23.2 Å². The van der Waals surface area contributed by atoms with Crippen molar-refractivity contribution in [3.63, 3.8) is 0 Å². The van der Waals surface area contributed by atoms with Crippen molar-refractivity contribution in [3.8, 4) is 22.1 Å². The van der Waals surface area contributed by atoms with Gasteiger partial charge in [-0.2, -0.15) is 4.98 Å². The third-order valence-electron chi connectivity index (χ3n) is 6.56. The molecule has 44 heavy (non-hydrogen) atoms. The largest absolute Gasteiger partial charge is 0.472 e. The molecule has 0 aliphatic carbocycles. The first-order valence-electron chi connectivity index (χ1n) is 13.0. The van der Waals surface area contributed by atoms with E-state index in [2.05, 4.69) is 4.98 Å². The molecule has 3 aromatic heterocycles. The number of fused-ring (bicyclic) bond motifs is 1. The quantitative estimate of drug-likeness (QED) is 0.118. The highest BCUT2D eigenvalue weighted by molar-refractivity contribution is 7.22. The van der Waals surface area contributed by atoms with E-state index in [9.17, 15) is 37.3 Å². The van der Waals surface area contributed by atoms with E-state index < -0.39 is 52.9 Å². The number of alkyl halides is 2. The molecule has 0 atom stereocenters. The van der Waals surface area contributed by atoms with Gasteiger partial charge in [0.25, 0.3) is 17.7 Å². The zero-order valence-electron chi connectivity index (χ0n) is 23.2. The number of hydrogen-bond donors (Lipinski definition) is 0. The minimum atomic E-state index is -2.80. The number of nitro groups is 1. The van der Waals surface area contributed by atoms with Crippen LogP contribution in [0.1, 0.15) is 11.1 Å². The zero-order valence-corrected chi connectivity index (χ0v) is 24.0. The number of thiophene rings is 1. The highest BCUT2D eigenvalue weighted by atomic mass is 32.1. The zero-order chi connectivity index (χ0) is 31.7. The van der Waals surface area contributed by atoms with Crippen molar-refractivity contribution >= 4 is 27.2 Å². The van der Waals surface area contributed by atoms with Gasteiger partial charge in [-0.05, 0) is 55.6 Å². The van der Waals surface area contributed by atoms with E-state index in [4.69, 9.17) is 4.74 Å². The average Bonchev–Trinajstić information content (AvgIpc) is 3.34. The molecule has 0 bridgehead atoms. The molecule has 0 fully saturated rings. The molecule has 0 aliphatic heterocycles. The van der Waals surface area contributed by atoms with Crippen molar-refractivity contribution in [1.82, 2.24) is 19.0 Å². The predicted octanol–water partition coefficient (Wildman–Crippen LogP) is 5.22. The molecule has 5 rings (SSSR count). The number of ether oxygens (including phenoxy) is 1. The lowest BCUT2D eigenvalue weighted by Crippen LogP contribution is -2.39.